The number of nitrogens with one attached hydrogen (secondary N) is 2. The van der Waals surface area contributed by atoms with Crippen molar-refractivity contribution in [3.05, 3.63) is 117 Å². The number of nitrogens with zero attached hydrogens (tertiary/aromatic N) is 1. The zero-order valence-corrected chi connectivity index (χ0v) is 20.9. The van der Waals surface area contributed by atoms with Gasteiger partial charge in [-0.05, 0) is 58.0 Å². The van der Waals surface area contributed by atoms with Gasteiger partial charge < -0.3 is 10.6 Å². The van der Waals surface area contributed by atoms with Crippen molar-refractivity contribution in [3.8, 4) is 0 Å². The van der Waals surface area contributed by atoms with E-state index in [0.717, 1.165) is 35.1 Å². The third kappa shape index (κ3) is 6.14. The van der Waals surface area contributed by atoms with E-state index in [9.17, 15) is 0 Å². The minimum atomic E-state index is 0.809. The second-order valence-electron chi connectivity index (χ2n) is 7.53. The molecule has 1 aromatic heterocycles. The fourth-order valence-corrected chi connectivity index (χ4v) is 4.21. The molecule has 32 heavy (non-hydrogen) atoms. The van der Waals surface area contributed by atoms with Crippen molar-refractivity contribution in [3.63, 3.8) is 0 Å². The summed E-state index contributed by atoms with van der Waals surface area (Å²) in [6.07, 6.45) is 6.04. The van der Waals surface area contributed by atoms with Crippen LogP contribution in [-0.2, 0) is 6.54 Å². The second-order valence-corrected chi connectivity index (χ2v) is 9.36. The lowest BCUT2D eigenvalue weighted by Crippen LogP contribution is -2.27. The smallest absolute Gasteiger partial charge is 0.0346 e. The Bertz CT molecular complexity index is 1130. The zero-order chi connectivity index (χ0) is 22.2. The molecule has 0 saturated carbocycles. The van der Waals surface area contributed by atoms with Gasteiger partial charge >= 0.3 is 0 Å². The lowest BCUT2D eigenvalue weighted by atomic mass is 9.97. The van der Waals surface area contributed by atoms with E-state index < -0.39 is 0 Å². The van der Waals surface area contributed by atoms with Crippen LogP contribution in [0, 0.1) is 0 Å². The highest BCUT2D eigenvalue weighted by atomic mass is 79.9. The molecular weight excluding hydrogens is 526 g/mol. The quantitative estimate of drug-likeness (QED) is 0.231. The largest absolute Gasteiger partial charge is 0.312 e. The Kier molecular flexibility index (Phi) is 8.24. The van der Waals surface area contributed by atoms with E-state index in [2.05, 4.69) is 126 Å². The molecule has 0 radical (unpaired) electrons. The van der Waals surface area contributed by atoms with Gasteiger partial charge in [0.15, 0.2) is 0 Å². The van der Waals surface area contributed by atoms with Gasteiger partial charge in [-0.1, -0.05) is 80.4 Å². The summed E-state index contributed by atoms with van der Waals surface area (Å²) >= 11 is 7.06. The topological polar surface area (TPSA) is 37.0 Å². The van der Waals surface area contributed by atoms with Gasteiger partial charge in [0.25, 0.3) is 0 Å². The minimum absolute atomic E-state index is 0.809. The van der Waals surface area contributed by atoms with Crippen LogP contribution in [0.25, 0.3) is 16.3 Å². The molecule has 0 spiro atoms. The number of benzene rings is 3. The van der Waals surface area contributed by atoms with Crippen LogP contribution in [0.4, 0.5) is 0 Å². The first kappa shape index (κ1) is 22.9. The van der Waals surface area contributed by atoms with E-state index in [1.165, 1.54) is 33.0 Å². The molecule has 0 aliphatic rings. The van der Waals surface area contributed by atoms with E-state index in [0.29, 0.717) is 0 Å². The summed E-state index contributed by atoms with van der Waals surface area (Å²) in [6, 6.07) is 25.4. The molecule has 0 unspecified atom stereocenters. The summed E-state index contributed by atoms with van der Waals surface area (Å²) in [7, 11) is 0. The molecule has 0 saturated heterocycles. The fraction of sp³-hybridized carbons (Fsp3) is 0.148. The number of hydrogen-bond donors (Lipinski definition) is 2. The number of fused-ring (bicyclic) bond motifs is 1. The predicted molar refractivity (Wildman–Crippen MR) is 142 cm³/mol. The Morgan fingerprint density at radius 3 is 2.12 bits per heavy atom. The normalized spacial score (nSPS) is 10.9. The number of rotatable bonds is 9. The van der Waals surface area contributed by atoms with Gasteiger partial charge in [-0.3, -0.25) is 4.98 Å². The first-order chi connectivity index (χ1) is 15.7. The van der Waals surface area contributed by atoms with Crippen LogP contribution in [-0.4, -0.2) is 24.6 Å². The van der Waals surface area contributed by atoms with Gasteiger partial charge in [0, 0.05) is 52.9 Å². The molecule has 2 N–H and O–H groups in total. The van der Waals surface area contributed by atoms with Gasteiger partial charge in [-0.2, -0.15) is 0 Å². The number of aromatic nitrogens is 1. The summed E-state index contributed by atoms with van der Waals surface area (Å²) in [5.41, 5.74) is 4.95. The summed E-state index contributed by atoms with van der Waals surface area (Å²) in [6.45, 7) is 3.46. The van der Waals surface area contributed by atoms with Crippen molar-refractivity contribution >= 4 is 48.2 Å². The third-order valence-electron chi connectivity index (χ3n) is 5.33. The number of halogens is 2. The van der Waals surface area contributed by atoms with Gasteiger partial charge in [-0.25, -0.2) is 0 Å². The molecule has 3 nitrogen and oxygen atoms in total. The summed E-state index contributed by atoms with van der Waals surface area (Å²) in [5, 5.41) is 9.53. The van der Waals surface area contributed by atoms with Crippen molar-refractivity contribution in [1.82, 2.24) is 15.6 Å². The van der Waals surface area contributed by atoms with Crippen LogP contribution in [0.2, 0.25) is 0 Å². The van der Waals surface area contributed by atoms with E-state index in [4.69, 9.17) is 0 Å². The standard InChI is InChI=1S/C27H25Br2N3/c28-24-8-4-20(5-9-24)26(21-6-10-25(29)11-7-21)12-14-30-16-17-32-19-23-3-1-2-22-18-31-15-13-27(22)23/h1-13,15,18,30,32H,14,16-17,19H2. The molecule has 4 aromatic rings. The highest BCUT2D eigenvalue weighted by molar-refractivity contribution is 9.10. The second kappa shape index (κ2) is 11.5. The molecule has 3 aromatic carbocycles. The highest BCUT2D eigenvalue weighted by Gasteiger charge is 2.05. The Balaban J connectivity index is 1.32. The maximum atomic E-state index is 4.21. The van der Waals surface area contributed by atoms with Crippen LogP contribution in [0.1, 0.15) is 16.7 Å². The van der Waals surface area contributed by atoms with Crippen molar-refractivity contribution in [2.45, 2.75) is 6.54 Å². The highest BCUT2D eigenvalue weighted by Crippen LogP contribution is 2.26. The summed E-state index contributed by atoms with van der Waals surface area (Å²) in [4.78, 5) is 4.21. The number of hydrogen-bond acceptors (Lipinski definition) is 3. The lowest BCUT2D eigenvalue weighted by Gasteiger charge is -2.11. The molecule has 5 heteroatoms. The Morgan fingerprint density at radius 1 is 0.781 bits per heavy atom. The molecule has 0 amide bonds. The maximum Gasteiger partial charge on any atom is 0.0346 e. The third-order valence-corrected chi connectivity index (χ3v) is 6.38. The van der Waals surface area contributed by atoms with Gasteiger partial charge in [0.2, 0.25) is 0 Å². The van der Waals surface area contributed by atoms with E-state index in [1.807, 2.05) is 12.4 Å². The van der Waals surface area contributed by atoms with Crippen molar-refractivity contribution < 1.29 is 0 Å². The van der Waals surface area contributed by atoms with Crippen LogP contribution >= 0.6 is 31.9 Å². The van der Waals surface area contributed by atoms with Gasteiger partial charge in [0.05, 0.1) is 0 Å². The van der Waals surface area contributed by atoms with Crippen molar-refractivity contribution in [1.29, 1.82) is 0 Å². The van der Waals surface area contributed by atoms with E-state index in [1.54, 1.807) is 0 Å². The molecule has 0 atom stereocenters. The Labute approximate surface area is 206 Å². The molecular formula is C27H25Br2N3. The van der Waals surface area contributed by atoms with Crippen molar-refractivity contribution in [2.24, 2.45) is 0 Å². The molecule has 162 valence electrons. The molecule has 4 rings (SSSR count). The monoisotopic (exact) mass is 549 g/mol. The zero-order valence-electron chi connectivity index (χ0n) is 17.7. The van der Waals surface area contributed by atoms with Crippen LogP contribution in [0.3, 0.4) is 0 Å². The lowest BCUT2D eigenvalue weighted by molar-refractivity contribution is 0.637. The fourth-order valence-electron chi connectivity index (χ4n) is 3.68. The molecule has 0 aliphatic heterocycles. The first-order valence-electron chi connectivity index (χ1n) is 10.7. The van der Waals surface area contributed by atoms with Crippen LogP contribution in [0.15, 0.2) is 100 Å². The number of pyridine rings is 1. The predicted octanol–water partition coefficient (Wildman–Crippen LogP) is 6.57. The Morgan fingerprint density at radius 2 is 1.44 bits per heavy atom. The molecule has 0 aliphatic carbocycles. The van der Waals surface area contributed by atoms with Crippen molar-refractivity contribution in [2.75, 3.05) is 19.6 Å². The molecule has 0 bridgehead atoms. The van der Waals surface area contributed by atoms with E-state index >= 15 is 0 Å². The molecule has 0 fully saturated rings. The average Bonchev–Trinajstić information content (AvgIpc) is 2.82. The van der Waals surface area contributed by atoms with Crippen LogP contribution < -0.4 is 10.6 Å². The van der Waals surface area contributed by atoms with Gasteiger partial charge in [0.1, 0.15) is 0 Å². The minimum Gasteiger partial charge on any atom is -0.312 e. The summed E-state index contributed by atoms with van der Waals surface area (Å²) < 4.78 is 2.17. The molecule has 1 heterocycles. The maximum absolute atomic E-state index is 4.21. The Hall–Kier alpha value is -2.31. The average molecular weight is 551 g/mol. The van der Waals surface area contributed by atoms with E-state index in [-0.39, 0.29) is 0 Å². The van der Waals surface area contributed by atoms with Crippen LogP contribution in [0.5, 0.6) is 0 Å². The SMILES string of the molecule is Brc1ccc(C(=CCNCCNCc2cccc3cnccc23)c2ccc(Br)cc2)cc1. The first-order valence-corrected chi connectivity index (χ1v) is 12.2. The summed E-state index contributed by atoms with van der Waals surface area (Å²) in [5.74, 6) is 0. The van der Waals surface area contributed by atoms with Gasteiger partial charge in [-0.15, -0.1) is 0 Å².